The molecule has 4 heterocycles. The molecule has 0 spiro atoms. The van der Waals surface area contributed by atoms with Crippen LogP contribution in [0.4, 0.5) is 5.13 Å². The van der Waals surface area contributed by atoms with Crippen LogP contribution in [0.2, 0.25) is 0 Å². The van der Waals surface area contributed by atoms with Gasteiger partial charge in [0.05, 0.1) is 17.7 Å². The van der Waals surface area contributed by atoms with E-state index in [1.807, 2.05) is 12.1 Å². The molecule has 5 rings (SSSR count). The van der Waals surface area contributed by atoms with Gasteiger partial charge in [-0.05, 0) is 37.9 Å². The topological polar surface area (TPSA) is 96.5 Å². The summed E-state index contributed by atoms with van der Waals surface area (Å²) in [5.74, 6) is 1.21. The van der Waals surface area contributed by atoms with Crippen molar-refractivity contribution >= 4 is 28.3 Å². The van der Waals surface area contributed by atoms with Crippen molar-refractivity contribution in [3.63, 3.8) is 0 Å². The predicted molar refractivity (Wildman–Crippen MR) is 167 cm³/mol. The number of likely N-dealkylation sites (N-methyl/N-ethyl adjacent to an activating group) is 1. The Balaban J connectivity index is 1.30. The monoisotopic (exact) mass is 609 g/mol. The molecule has 1 aromatic carbocycles. The summed E-state index contributed by atoms with van der Waals surface area (Å²) in [6.45, 7) is 8.66. The van der Waals surface area contributed by atoms with Gasteiger partial charge in [0.1, 0.15) is 18.7 Å². The van der Waals surface area contributed by atoms with Crippen molar-refractivity contribution in [2.24, 2.45) is 11.8 Å². The standard InChI is InChI=1S/C32H43N5O5S/c1-7-22-18-37(28-27(22)42-20-32(28,40-5)41-6)30(39)25(13-8-21(2)3)33-29(38)24-11-9-23(10-12-24)26-19-43-31(34-26)36-16-14-35(4)15-17-36/h1,9-12,19,21-22,25,27-28H,8,13-18,20H2,2-6H3,(H,33,38)/t22-,25+,27-,28+/m1/s1. The van der Waals surface area contributed by atoms with E-state index in [4.69, 9.17) is 25.6 Å². The van der Waals surface area contributed by atoms with Crippen molar-refractivity contribution in [3.05, 3.63) is 35.2 Å². The number of carbonyl (C=O) groups excluding carboxylic acids is 2. The summed E-state index contributed by atoms with van der Waals surface area (Å²) in [5.41, 5.74) is 2.32. The summed E-state index contributed by atoms with van der Waals surface area (Å²) in [5, 5.41) is 6.10. The number of ether oxygens (including phenoxy) is 3. The van der Waals surface area contributed by atoms with E-state index in [-0.39, 0.29) is 24.3 Å². The Morgan fingerprint density at radius 3 is 2.49 bits per heavy atom. The van der Waals surface area contributed by atoms with E-state index >= 15 is 0 Å². The molecule has 0 unspecified atom stereocenters. The van der Waals surface area contributed by atoms with Gasteiger partial charge in [0, 0.05) is 63.5 Å². The van der Waals surface area contributed by atoms with E-state index in [0.29, 0.717) is 24.4 Å². The third-order valence-electron chi connectivity index (χ3n) is 8.90. The van der Waals surface area contributed by atoms with Crippen molar-refractivity contribution in [1.29, 1.82) is 0 Å². The van der Waals surface area contributed by atoms with Gasteiger partial charge in [-0.1, -0.05) is 31.9 Å². The van der Waals surface area contributed by atoms with Crippen LogP contribution in [0.5, 0.6) is 0 Å². The fourth-order valence-corrected chi connectivity index (χ4v) is 7.06. The maximum atomic E-state index is 14.1. The maximum Gasteiger partial charge on any atom is 0.251 e. The summed E-state index contributed by atoms with van der Waals surface area (Å²) in [7, 11) is 5.22. The predicted octanol–water partition coefficient (Wildman–Crippen LogP) is 2.94. The Morgan fingerprint density at radius 1 is 1.16 bits per heavy atom. The number of anilines is 1. The second-order valence-corrected chi connectivity index (χ2v) is 12.9. The molecule has 3 saturated heterocycles. The molecule has 0 saturated carbocycles. The van der Waals surface area contributed by atoms with Crippen molar-refractivity contribution < 1.29 is 23.8 Å². The molecule has 1 aromatic heterocycles. The molecule has 2 amide bonds. The van der Waals surface area contributed by atoms with Gasteiger partial charge in [-0.2, -0.15) is 0 Å². The number of nitrogens with zero attached hydrogens (tertiary/aromatic N) is 4. The number of benzene rings is 1. The number of likely N-dealkylation sites (tertiary alicyclic amines) is 1. The zero-order valence-electron chi connectivity index (χ0n) is 25.7. The number of amides is 2. The Hall–Kier alpha value is -3.01. The number of nitrogens with one attached hydrogen (secondary N) is 1. The molecule has 2 aromatic rings. The number of hydrogen-bond acceptors (Lipinski definition) is 9. The molecule has 0 bridgehead atoms. The van der Waals surface area contributed by atoms with E-state index in [1.165, 1.54) is 0 Å². The number of hydrogen-bond donors (Lipinski definition) is 1. The summed E-state index contributed by atoms with van der Waals surface area (Å²) in [4.78, 5) is 38.8. The van der Waals surface area contributed by atoms with Crippen LogP contribution in [-0.4, -0.2) is 111 Å². The van der Waals surface area contributed by atoms with Crippen LogP contribution in [0.15, 0.2) is 29.6 Å². The molecule has 3 aliphatic heterocycles. The molecule has 11 heteroatoms. The average molecular weight is 610 g/mol. The van der Waals surface area contributed by atoms with Crippen molar-refractivity contribution in [3.8, 4) is 23.6 Å². The quantitative estimate of drug-likeness (QED) is 0.325. The summed E-state index contributed by atoms with van der Waals surface area (Å²) < 4.78 is 17.5. The van der Waals surface area contributed by atoms with Gasteiger partial charge < -0.3 is 34.2 Å². The van der Waals surface area contributed by atoms with Crippen LogP contribution in [0.3, 0.4) is 0 Å². The number of thiazole rings is 1. The maximum absolute atomic E-state index is 14.1. The molecule has 43 heavy (non-hydrogen) atoms. The highest BCUT2D eigenvalue weighted by atomic mass is 32.1. The highest BCUT2D eigenvalue weighted by Gasteiger charge is 2.61. The first kappa shape index (κ1) is 31.4. The van der Waals surface area contributed by atoms with E-state index < -0.39 is 24.0 Å². The molecule has 3 fully saturated rings. The first-order chi connectivity index (χ1) is 20.7. The van der Waals surface area contributed by atoms with E-state index in [0.717, 1.165) is 49.0 Å². The van der Waals surface area contributed by atoms with Crippen LogP contribution in [0.25, 0.3) is 11.3 Å². The van der Waals surface area contributed by atoms with Crippen molar-refractivity contribution in [2.45, 2.75) is 50.7 Å². The first-order valence-electron chi connectivity index (χ1n) is 15.0. The minimum Gasteiger partial charge on any atom is -0.369 e. The lowest BCUT2D eigenvalue weighted by molar-refractivity contribution is -0.227. The molecule has 4 atom stereocenters. The van der Waals surface area contributed by atoms with Crippen LogP contribution in [0.1, 0.15) is 37.0 Å². The number of terminal acetylenes is 1. The van der Waals surface area contributed by atoms with Gasteiger partial charge in [-0.25, -0.2) is 4.98 Å². The van der Waals surface area contributed by atoms with Crippen LogP contribution in [0, 0.1) is 24.2 Å². The second-order valence-electron chi connectivity index (χ2n) is 12.1. The lowest BCUT2D eigenvalue weighted by atomic mass is 9.98. The summed E-state index contributed by atoms with van der Waals surface area (Å²) in [6.07, 6.45) is 6.69. The first-order valence-corrected chi connectivity index (χ1v) is 15.9. The fourth-order valence-electron chi connectivity index (χ4n) is 6.17. The SMILES string of the molecule is C#C[C@@H]1CN(C(=O)[C@H](CCC(C)C)NC(=O)c2ccc(-c3csc(N4CCN(C)CC4)n3)cc2)[C@H]2[C@@H]1OCC2(OC)OC. The van der Waals surface area contributed by atoms with Gasteiger partial charge in [-0.3, -0.25) is 9.59 Å². The Kier molecular flexibility index (Phi) is 9.73. The minimum absolute atomic E-state index is 0.169. The molecule has 0 radical (unpaired) electrons. The molecule has 232 valence electrons. The lowest BCUT2D eigenvalue weighted by Crippen LogP contribution is -2.58. The molecule has 10 nitrogen and oxygen atoms in total. The van der Waals surface area contributed by atoms with Crippen molar-refractivity contribution in [1.82, 2.24) is 20.1 Å². The number of rotatable bonds is 10. The summed E-state index contributed by atoms with van der Waals surface area (Å²) in [6, 6.07) is 6.15. The number of piperazine rings is 1. The minimum atomic E-state index is -1.12. The molecular weight excluding hydrogens is 566 g/mol. The van der Waals surface area contributed by atoms with Gasteiger partial charge in [0.25, 0.3) is 5.91 Å². The Labute approximate surface area is 258 Å². The third-order valence-corrected chi connectivity index (χ3v) is 9.80. The molecule has 3 aliphatic rings. The lowest BCUT2D eigenvalue weighted by Gasteiger charge is -2.37. The number of methoxy groups -OCH3 is 2. The molecule has 1 N–H and O–H groups in total. The normalized spacial score (nSPS) is 24.2. The van der Waals surface area contributed by atoms with Gasteiger partial charge in [-0.15, -0.1) is 17.8 Å². The number of fused-ring (bicyclic) bond motifs is 1. The smallest absolute Gasteiger partial charge is 0.251 e. The van der Waals surface area contributed by atoms with Gasteiger partial charge in [0.2, 0.25) is 11.7 Å². The van der Waals surface area contributed by atoms with E-state index in [1.54, 1.807) is 42.6 Å². The van der Waals surface area contributed by atoms with Gasteiger partial charge >= 0.3 is 0 Å². The van der Waals surface area contributed by atoms with Crippen molar-refractivity contribution in [2.75, 3.05) is 65.5 Å². The van der Waals surface area contributed by atoms with E-state index in [9.17, 15) is 9.59 Å². The number of aromatic nitrogens is 1. The van der Waals surface area contributed by atoms with Crippen LogP contribution in [-0.2, 0) is 19.0 Å². The van der Waals surface area contributed by atoms with Gasteiger partial charge in [0.15, 0.2) is 5.13 Å². The fraction of sp³-hybridized carbons (Fsp3) is 0.594. The molecule has 0 aliphatic carbocycles. The largest absolute Gasteiger partial charge is 0.369 e. The zero-order chi connectivity index (χ0) is 30.7. The second kappa shape index (κ2) is 13.3. The third kappa shape index (κ3) is 6.44. The number of carbonyl (C=O) groups is 2. The average Bonchev–Trinajstić information content (AvgIpc) is 3.75. The molecular formula is C32H43N5O5S. The Bertz CT molecular complexity index is 1310. The Morgan fingerprint density at radius 2 is 1.86 bits per heavy atom. The van der Waals surface area contributed by atoms with Crippen LogP contribution < -0.4 is 10.2 Å². The summed E-state index contributed by atoms with van der Waals surface area (Å²) >= 11 is 1.64. The van der Waals surface area contributed by atoms with Crippen LogP contribution >= 0.6 is 11.3 Å². The zero-order valence-corrected chi connectivity index (χ0v) is 26.6. The highest BCUT2D eigenvalue weighted by molar-refractivity contribution is 7.14. The highest BCUT2D eigenvalue weighted by Crippen LogP contribution is 2.41. The van der Waals surface area contributed by atoms with E-state index in [2.05, 4.69) is 47.3 Å².